The number of anilines is 2. The highest BCUT2D eigenvalue weighted by Gasteiger charge is 2.14. The Morgan fingerprint density at radius 1 is 1.08 bits per heavy atom. The second-order valence-electron chi connectivity index (χ2n) is 5.44. The van der Waals surface area contributed by atoms with Gasteiger partial charge < -0.3 is 9.72 Å². The van der Waals surface area contributed by atoms with Gasteiger partial charge in [0.15, 0.2) is 11.5 Å². The van der Waals surface area contributed by atoms with E-state index >= 15 is 0 Å². The van der Waals surface area contributed by atoms with Crippen LogP contribution in [-0.4, -0.2) is 19.4 Å². The number of hydrogen-bond acceptors (Lipinski definition) is 4. The van der Waals surface area contributed by atoms with Crippen molar-refractivity contribution in [3.8, 4) is 0 Å². The number of benzene rings is 1. The van der Waals surface area contributed by atoms with Crippen LogP contribution in [-0.2, 0) is 0 Å². The molecule has 0 aliphatic rings. The number of hydrogen-bond donors (Lipinski definition) is 1. The molecule has 1 aromatic carbocycles. The molecule has 0 fully saturated rings. The molecule has 0 radical (unpaired) electrons. The highest BCUT2D eigenvalue weighted by atomic mass is 79.9. The van der Waals surface area contributed by atoms with E-state index in [4.69, 9.17) is 11.6 Å². The number of imidazole rings is 1. The number of aromatic nitrogens is 4. The van der Waals surface area contributed by atoms with E-state index in [1.165, 1.54) is 12.1 Å². The summed E-state index contributed by atoms with van der Waals surface area (Å²) in [4.78, 5) is 12.2. The highest BCUT2D eigenvalue weighted by Crippen LogP contribution is 2.30. The third-order valence-corrected chi connectivity index (χ3v) is 4.20. The Kier molecular flexibility index (Phi) is 3.81. The molecule has 126 valence electrons. The fraction of sp³-hybridized carbons (Fsp3) is 0.0625. The largest absolute Gasteiger partial charge is 0.338 e. The molecule has 3 heterocycles. The van der Waals surface area contributed by atoms with Crippen LogP contribution in [0.1, 0.15) is 5.69 Å². The summed E-state index contributed by atoms with van der Waals surface area (Å²) in [6, 6.07) is 4.19. The van der Waals surface area contributed by atoms with E-state index in [1.807, 2.05) is 0 Å². The fourth-order valence-corrected chi connectivity index (χ4v) is 3.22. The number of aryl methyl sites for hydroxylation is 1. The maximum absolute atomic E-state index is 14.4. The standard InChI is InChI=1S/C16H9BrClF2N5/c1-7-5-25-6-9(4-11(20)15(25)21-7)22-14-13-10(19)2-8(17)3-12(13)23-16(18)24-14/h2-6H,1H3,(H,22,23,24). The molecule has 0 spiro atoms. The first kappa shape index (κ1) is 16.2. The maximum Gasteiger partial charge on any atom is 0.224 e. The average Bonchev–Trinajstić information content (AvgIpc) is 2.86. The zero-order valence-electron chi connectivity index (χ0n) is 12.7. The van der Waals surface area contributed by atoms with Gasteiger partial charge in [-0.2, -0.15) is 4.98 Å². The first-order valence-corrected chi connectivity index (χ1v) is 8.32. The summed E-state index contributed by atoms with van der Waals surface area (Å²) < 4.78 is 30.7. The van der Waals surface area contributed by atoms with Crippen molar-refractivity contribution in [3.63, 3.8) is 0 Å². The van der Waals surface area contributed by atoms with Gasteiger partial charge in [0.25, 0.3) is 0 Å². The molecule has 25 heavy (non-hydrogen) atoms. The fourth-order valence-electron chi connectivity index (χ4n) is 2.63. The van der Waals surface area contributed by atoms with Crippen LogP contribution < -0.4 is 5.32 Å². The molecule has 0 amide bonds. The molecule has 3 aromatic heterocycles. The van der Waals surface area contributed by atoms with Crippen molar-refractivity contribution in [1.29, 1.82) is 0 Å². The van der Waals surface area contributed by atoms with Gasteiger partial charge in [-0.15, -0.1) is 0 Å². The quantitative estimate of drug-likeness (QED) is 0.459. The topological polar surface area (TPSA) is 55.1 Å². The van der Waals surface area contributed by atoms with Crippen molar-refractivity contribution >= 4 is 55.6 Å². The maximum atomic E-state index is 14.4. The van der Waals surface area contributed by atoms with Gasteiger partial charge in [-0.05, 0) is 30.7 Å². The highest BCUT2D eigenvalue weighted by molar-refractivity contribution is 9.10. The van der Waals surface area contributed by atoms with E-state index in [0.717, 1.165) is 0 Å². The van der Waals surface area contributed by atoms with Crippen LogP contribution >= 0.6 is 27.5 Å². The first-order valence-electron chi connectivity index (χ1n) is 7.15. The summed E-state index contributed by atoms with van der Waals surface area (Å²) in [5.41, 5.74) is 1.60. The van der Waals surface area contributed by atoms with Crippen LogP contribution in [0.3, 0.4) is 0 Å². The summed E-state index contributed by atoms with van der Waals surface area (Å²) in [6.07, 6.45) is 3.32. The summed E-state index contributed by atoms with van der Waals surface area (Å²) in [5.74, 6) is -0.884. The second kappa shape index (κ2) is 5.89. The predicted molar refractivity (Wildman–Crippen MR) is 95.4 cm³/mol. The van der Waals surface area contributed by atoms with Gasteiger partial charge in [0, 0.05) is 22.9 Å². The molecule has 4 rings (SSSR count). The van der Waals surface area contributed by atoms with Crippen LogP contribution in [0.15, 0.2) is 35.1 Å². The lowest BCUT2D eigenvalue weighted by Gasteiger charge is -2.11. The van der Waals surface area contributed by atoms with E-state index in [2.05, 4.69) is 36.2 Å². The number of nitrogens with one attached hydrogen (secondary N) is 1. The zero-order chi connectivity index (χ0) is 17.7. The van der Waals surface area contributed by atoms with Crippen LogP contribution in [0.5, 0.6) is 0 Å². The Morgan fingerprint density at radius 3 is 2.68 bits per heavy atom. The molecule has 0 saturated heterocycles. The molecule has 4 aromatic rings. The predicted octanol–water partition coefficient (Wildman–Crippen LogP) is 5.02. The Hall–Kier alpha value is -2.32. The molecule has 0 atom stereocenters. The summed E-state index contributed by atoms with van der Waals surface area (Å²) in [6.45, 7) is 1.77. The number of halogens is 4. The van der Waals surface area contributed by atoms with E-state index in [-0.39, 0.29) is 22.1 Å². The summed E-state index contributed by atoms with van der Waals surface area (Å²) >= 11 is 9.15. The van der Waals surface area contributed by atoms with Crippen molar-refractivity contribution in [2.75, 3.05) is 5.32 Å². The molecule has 5 nitrogen and oxygen atoms in total. The van der Waals surface area contributed by atoms with Gasteiger partial charge >= 0.3 is 0 Å². The van der Waals surface area contributed by atoms with E-state index in [1.54, 1.807) is 29.8 Å². The first-order chi connectivity index (χ1) is 11.9. The Balaban J connectivity index is 1.88. The number of fused-ring (bicyclic) bond motifs is 2. The number of nitrogens with zero attached hydrogens (tertiary/aromatic N) is 4. The lowest BCUT2D eigenvalue weighted by atomic mass is 10.2. The van der Waals surface area contributed by atoms with E-state index in [9.17, 15) is 8.78 Å². The van der Waals surface area contributed by atoms with Crippen molar-refractivity contribution in [2.24, 2.45) is 0 Å². The van der Waals surface area contributed by atoms with Crippen molar-refractivity contribution < 1.29 is 8.78 Å². The van der Waals surface area contributed by atoms with Crippen LogP contribution in [0, 0.1) is 18.6 Å². The Labute approximate surface area is 153 Å². The molecule has 0 aliphatic heterocycles. The van der Waals surface area contributed by atoms with Gasteiger partial charge in [0.05, 0.1) is 22.3 Å². The smallest absolute Gasteiger partial charge is 0.224 e. The third kappa shape index (κ3) is 2.91. The monoisotopic (exact) mass is 423 g/mol. The SMILES string of the molecule is Cc1cn2cc(Nc3nc(Cl)nc4cc(Br)cc(F)c34)cc(F)c2n1. The average molecular weight is 425 g/mol. The number of pyridine rings is 1. The summed E-state index contributed by atoms with van der Waals surface area (Å²) in [7, 11) is 0. The Morgan fingerprint density at radius 2 is 1.88 bits per heavy atom. The lowest BCUT2D eigenvalue weighted by Crippen LogP contribution is -2.01. The summed E-state index contributed by atoms with van der Waals surface area (Å²) in [5, 5.41) is 3.02. The van der Waals surface area contributed by atoms with Crippen LogP contribution in [0.4, 0.5) is 20.3 Å². The van der Waals surface area contributed by atoms with Crippen molar-refractivity contribution in [3.05, 3.63) is 57.7 Å². The molecule has 0 aliphatic carbocycles. The van der Waals surface area contributed by atoms with E-state index in [0.29, 0.717) is 21.4 Å². The van der Waals surface area contributed by atoms with Gasteiger partial charge in [-0.3, -0.25) is 0 Å². The van der Waals surface area contributed by atoms with Gasteiger partial charge in [-0.25, -0.2) is 18.7 Å². The van der Waals surface area contributed by atoms with Crippen molar-refractivity contribution in [2.45, 2.75) is 6.92 Å². The molecule has 0 unspecified atom stereocenters. The molecule has 0 saturated carbocycles. The van der Waals surface area contributed by atoms with Gasteiger partial charge in [0.1, 0.15) is 11.6 Å². The van der Waals surface area contributed by atoms with Crippen LogP contribution in [0.25, 0.3) is 16.6 Å². The zero-order valence-corrected chi connectivity index (χ0v) is 15.0. The Bertz CT molecular complexity index is 1140. The molecular weight excluding hydrogens is 416 g/mol. The lowest BCUT2D eigenvalue weighted by molar-refractivity contribution is 0.630. The molecule has 1 N–H and O–H groups in total. The van der Waals surface area contributed by atoms with Gasteiger partial charge in [-0.1, -0.05) is 15.9 Å². The number of rotatable bonds is 2. The molecular formula is C16H9BrClF2N5. The van der Waals surface area contributed by atoms with E-state index < -0.39 is 11.6 Å². The van der Waals surface area contributed by atoms with Crippen molar-refractivity contribution in [1.82, 2.24) is 19.4 Å². The normalized spacial score (nSPS) is 11.4. The minimum absolute atomic E-state index is 0.0486. The molecule has 9 heteroatoms. The van der Waals surface area contributed by atoms with Crippen LogP contribution in [0.2, 0.25) is 5.28 Å². The van der Waals surface area contributed by atoms with Gasteiger partial charge in [0.2, 0.25) is 5.28 Å². The minimum Gasteiger partial charge on any atom is -0.338 e. The minimum atomic E-state index is -0.524. The second-order valence-corrected chi connectivity index (χ2v) is 6.69. The molecule has 0 bridgehead atoms. The third-order valence-electron chi connectivity index (χ3n) is 3.58.